The lowest BCUT2D eigenvalue weighted by atomic mass is 10.1. The van der Waals surface area contributed by atoms with Crippen LogP contribution in [0.15, 0.2) is 37.1 Å². The van der Waals surface area contributed by atoms with Gasteiger partial charge in [0.05, 0.1) is 16.9 Å². The molecule has 11 nitrogen and oxygen atoms in total. The molecule has 0 atom stereocenters. The van der Waals surface area contributed by atoms with Crippen LogP contribution in [0.2, 0.25) is 0 Å². The van der Waals surface area contributed by atoms with E-state index in [0.29, 0.717) is 5.69 Å². The molecule has 0 unspecified atom stereocenters. The zero-order chi connectivity index (χ0) is 16.9. The molecule has 1 aromatic carbocycles. The second-order valence-electron chi connectivity index (χ2n) is 4.45. The van der Waals surface area contributed by atoms with Gasteiger partial charge in [0.1, 0.15) is 24.3 Å². The monoisotopic (exact) mass is 323 g/mol. The number of hydrogen-bond donors (Lipinski definition) is 3. The first kappa shape index (κ1) is 14.9. The molecule has 2 heterocycles. The Balaban J connectivity index is 1.97. The van der Waals surface area contributed by atoms with Gasteiger partial charge in [0, 0.05) is 6.20 Å². The maximum atomic E-state index is 11.4. The number of carbonyl (C=O) groups is 1. The number of tetrazole rings is 1. The summed E-state index contributed by atoms with van der Waals surface area (Å²) in [5.41, 5.74) is 1.06. The number of rotatable bonds is 5. The predicted octanol–water partition coefficient (Wildman–Crippen LogP) is 0.455. The van der Waals surface area contributed by atoms with E-state index in [1.54, 1.807) is 16.7 Å². The summed E-state index contributed by atoms with van der Waals surface area (Å²) >= 11 is 0. The minimum atomic E-state index is -1.11. The smallest absolute Gasteiger partial charge is 0.337 e. The molecule has 0 amide bonds. The number of hydrogen-bond acceptors (Lipinski definition) is 8. The predicted molar refractivity (Wildman–Crippen MR) is 79.7 cm³/mol. The Bertz CT molecular complexity index is 923. The van der Waals surface area contributed by atoms with Gasteiger partial charge in [-0.3, -0.25) is 4.57 Å². The van der Waals surface area contributed by atoms with E-state index in [-0.39, 0.29) is 22.6 Å². The summed E-state index contributed by atoms with van der Waals surface area (Å²) in [5, 5.41) is 41.6. The van der Waals surface area contributed by atoms with Crippen molar-refractivity contribution in [3.8, 4) is 11.8 Å². The van der Waals surface area contributed by atoms with E-state index >= 15 is 0 Å². The van der Waals surface area contributed by atoms with Crippen LogP contribution in [0, 0.1) is 11.3 Å². The highest BCUT2D eigenvalue weighted by atomic mass is 16.4. The Labute approximate surface area is 134 Å². The van der Waals surface area contributed by atoms with Crippen molar-refractivity contribution in [3.63, 3.8) is 0 Å². The summed E-state index contributed by atoms with van der Waals surface area (Å²) in [5.74, 6) is -1.02. The number of H-pyrrole nitrogens is 1. The average molecular weight is 323 g/mol. The lowest BCUT2D eigenvalue weighted by molar-refractivity contribution is 0.0698. The summed E-state index contributed by atoms with van der Waals surface area (Å²) in [7, 11) is 0. The van der Waals surface area contributed by atoms with Gasteiger partial charge in [-0.2, -0.15) is 10.5 Å². The van der Waals surface area contributed by atoms with E-state index in [9.17, 15) is 9.90 Å². The normalized spacial score (nSPS) is 11.0. The summed E-state index contributed by atoms with van der Waals surface area (Å²) in [6, 6.07) is 6.55. The van der Waals surface area contributed by atoms with Crippen LogP contribution in [-0.2, 0) is 0 Å². The maximum Gasteiger partial charge on any atom is 0.337 e. The number of aromatic nitrogens is 7. The molecule has 11 heteroatoms. The number of benzene rings is 1. The summed E-state index contributed by atoms with van der Waals surface area (Å²) in [6.45, 7) is 0. The fourth-order valence-electron chi connectivity index (χ4n) is 1.91. The van der Waals surface area contributed by atoms with Gasteiger partial charge in [-0.1, -0.05) is 0 Å². The van der Waals surface area contributed by atoms with Crippen molar-refractivity contribution < 1.29 is 9.90 Å². The third-order valence-electron chi connectivity index (χ3n) is 3.03. The minimum Gasteiger partial charge on any atom is -0.478 e. The Morgan fingerprint density at radius 1 is 1.38 bits per heavy atom. The highest BCUT2D eigenvalue weighted by molar-refractivity contribution is 5.95. The Kier molecular flexibility index (Phi) is 3.94. The highest BCUT2D eigenvalue weighted by Crippen LogP contribution is 2.21. The molecule has 2 aromatic heterocycles. The fourth-order valence-corrected chi connectivity index (χ4v) is 1.91. The van der Waals surface area contributed by atoms with Crippen molar-refractivity contribution in [1.82, 2.24) is 35.4 Å². The second kappa shape index (κ2) is 6.36. The van der Waals surface area contributed by atoms with Crippen LogP contribution in [0.25, 0.3) is 11.3 Å². The van der Waals surface area contributed by atoms with Crippen LogP contribution >= 0.6 is 0 Å². The standard InChI is InChI=1S/C13H9N9O2/c14-4-8(12-18-20-21-19-12)5-15-11-3-9(22-6-16-17-7-22)1-2-10(11)13(23)24/h1-3,5-7,15H,(H,23,24)(H,18,19,20,21). The molecule has 0 spiro atoms. The molecule has 24 heavy (non-hydrogen) atoms. The molecule has 0 bridgehead atoms. The number of carboxylic acids is 1. The van der Waals surface area contributed by atoms with Crippen molar-refractivity contribution in [1.29, 1.82) is 5.26 Å². The third kappa shape index (κ3) is 2.92. The zero-order valence-electron chi connectivity index (χ0n) is 12.0. The first-order valence-corrected chi connectivity index (χ1v) is 6.52. The highest BCUT2D eigenvalue weighted by Gasteiger charge is 2.12. The average Bonchev–Trinajstić information content (AvgIpc) is 3.29. The first-order chi connectivity index (χ1) is 11.7. The number of allylic oxidation sites excluding steroid dienone is 1. The maximum absolute atomic E-state index is 11.4. The summed E-state index contributed by atoms with van der Waals surface area (Å²) < 4.78 is 1.62. The molecular formula is C13H9N9O2. The number of carboxylic acid groups (broad SMARTS) is 1. The number of nitriles is 1. The van der Waals surface area contributed by atoms with E-state index in [2.05, 4.69) is 36.1 Å². The van der Waals surface area contributed by atoms with Gasteiger partial charge >= 0.3 is 5.97 Å². The van der Waals surface area contributed by atoms with E-state index in [1.165, 1.54) is 24.9 Å². The fraction of sp³-hybridized carbons (Fsp3) is 0. The number of nitrogens with zero attached hydrogens (tertiary/aromatic N) is 7. The molecule has 0 aliphatic rings. The molecule has 0 radical (unpaired) electrons. The van der Waals surface area contributed by atoms with Crippen LogP contribution in [-0.4, -0.2) is 46.5 Å². The zero-order valence-corrected chi connectivity index (χ0v) is 12.0. The molecule has 0 saturated carbocycles. The van der Waals surface area contributed by atoms with Crippen LogP contribution < -0.4 is 5.32 Å². The number of nitrogens with one attached hydrogen (secondary N) is 2. The molecule has 0 fully saturated rings. The molecular weight excluding hydrogens is 314 g/mol. The van der Waals surface area contributed by atoms with Crippen molar-refractivity contribution in [3.05, 3.63) is 48.4 Å². The SMILES string of the molecule is N#CC(=CNc1cc(-n2cnnc2)ccc1C(=O)O)c1nn[nH]n1. The van der Waals surface area contributed by atoms with E-state index in [0.717, 1.165) is 0 Å². The molecule has 0 saturated heterocycles. The van der Waals surface area contributed by atoms with Crippen LogP contribution in [0.3, 0.4) is 0 Å². The van der Waals surface area contributed by atoms with Crippen molar-refractivity contribution >= 4 is 17.2 Å². The van der Waals surface area contributed by atoms with Gasteiger partial charge in [0.15, 0.2) is 0 Å². The van der Waals surface area contributed by atoms with Gasteiger partial charge in [-0.05, 0) is 23.4 Å². The molecule has 0 aliphatic carbocycles. The Morgan fingerprint density at radius 2 is 2.17 bits per heavy atom. The number of aromatic amines is 1. The van der Waals surface area contributed by atoms with E-state index in [4.69, 9.17) is 5.26 Å². The Hall–Kier alpha value is -4.07. The van der Waals surface area contributed by atoms with Gasteiger partial charge in [-0.25, -0.2) is 4.79 Å². The molecule has 0 aliphatic heterocycles. The lowest BCUT2D eigenvalue weighted by Gasteiger charge is -2.09. The van der Waals surface area contributed by atoms with Gasteiger partial charge in [0.2, 0.25) is 5.82 Å². The van der Waals surface area contributed by atoms with Gasteiger partial charge < -0.3 is 10.4 Å². The van der Waals surface area contributed by atoms with E-state index < -0.39 is 5.97 Å². The van der Waals surface area contributed by atoms with Crippen LogP contribution in [0.4, 0.5) is 5.69 Å². The first-order valence-electron chi connectivity index (χ1n) is 6.52. The number of aromatic carboxylic acids is 1. The molecule has 3 aromatic rings. The molecule has 118 valence electrons. The molecule has 3 rings (SSSR count). The largest absolute Gasteiger partial charge is 0.478 e. The summed E-state index contributed by atoms with van der Waals surface area (Å²) in [6.07, 6.45) is 4.27. The summed E-state index contributed by atoms with van der Waals surface area (Å²) in [4.78, 5) is 11.4. The lowest BCUT2D eigenvalue weighted by Crippen LogP contribution is -2.04. The topological polar surface area (TPSA) is 158 Å². The van der Waals surface area contributed by atoms with Gasteiger partial charge in [0.25, 0.3) is 0 Å². The van der Waals surface area contributed by atoms with Crippen molar-refractivity contribution in [2.75, 3.05) is 5.32 Å². The quantitative estimate of drug-likeness (QED) is 0.567. The van der Waals surface area contributed by atoms with Gasteiger partial charge in [-0.15, -0.1) is 20.4 Å². The van der Waals surface area contributed by atoms with Crippen molar-refractivity contribution in [2.24, 2.45) is 0 Å². The Morgan fingerprint density at radius 3 is 2.79 bits per heavy atom. The second-order valence-corrected chi connectivity index (χ2v) is 4.45. The minimum absolute atomic E-state index is 0.0356. The van der Waals surface area contributed by atoms with Crippen molar-refractivity contribution in [2.45, 2.75) is 0 Å². The van der Waals surface area contributed by atoms with E-state index in [1.807, 2.05) is 6.07 Å². The number of anilines is 1. The third-order valence-corrected chi connectivity index (χ3v) is 3.03. The molecule has 3 N–H and O–H groups in total. The van der Waals surface area contributed by atoms with Crippen LogP contribution in [0.1, 0.15) is 16.2 Å². The van der Waals surface area contributed by atoms with Crippen LogP contribution in [0.5, 0.6) is 0 Å².